The molecule has 1 saturated carbocycles. The molecule has 16 heavy (non-hydrogen) atoms. The van der Waals surface area contributed by atoms with Crippen LogP contribution < -0.4 is 5.32 Å². The number of hydrogen-bond donors (Lipinski definition) is 2. The lowest BCUT2D eigenvalue weighted by Gasteiger charge is -2.37. The lowest BCUT2D eigenvalue weighted by molar-refractivity contribution is 0.264. The Balaban J connectivity index is 1.76. The molecule has 2 aliphatic rings. The predicted molar refractivity (Wildman–Crippen MR) is 64.4 cm³/mol. The van der Waals surface area contributed by atoms with Crippen molar-refractivity contribution in [3.8, 4) is 0 Å². The molecule has 0 radical (unpaired) electrons. The smallest absolute Gasteiger partial charge is 0.123 e. The molecule has 1 aromatic rings. The van der Waals surface area contributed by atoms with Crippen molar-refractivity contribution in [1.29, 1.82) is 0 Å². The van der Waals surface area contributed by atoms with E-state index in [0.29, 0.717) is 11.5 Å². The fraction of sp³-hybridized carbons (Fsp3) is 0.769. The lowest BCUT2D eigenvalue weighted by atomic mass is 9.68. The maximum absolute atomic E-state index is 4.57. The summed E-state index contributed by atoms with van der Waals surface area (Å²) in [5, 5.41) is 3.54. The number of hydrogen-bond acceptors (Lipinski definition) is 2. The molecule has 0 spiro atoms. The van der Waals surface area contributed by atoms with Gasteiger partial charge in [0.15, 0.2) is 0 Å². The lowest BCUT2D eigenvalue weighted by Crippen LogP contribution is -2.31. The van der Waals surface area contributed by atoms with Crippen molar-refractivity contribution >= 4 is 0 Å². The van der Waals surface area contributed by atoms with E-state index in [2.05, 4.69) is 28.4 Å². The summed E-state index contributed by atoms with van der Waals surface area (Å²) in [6.07, 6.45) is 9.91. The van der Waals surface area contributed by atoms with Crippen molar-refractivity contribution in [2.75, 3.05) is 6.54 Å². The molecule has 1 aliphatic carbocycles. The average Bonchev–Trinajstić information content (AvgIpc) is 2.77. The normalized spacial score (nSPS) is 28.7. The van der Waals surface area contributed by atoms with Crippen molar-refractivity contribution in [2.45, 2.75) is 56.9 Å². The maximum atomic E-state index is 4.57. The van der Waals surface area contributed by atoms with E-state index in [-0.39, 0.29) is 0 Å². The first-order valence-corrected chi connectivity index (χ1v) is 6.57. The van der Waals surface area contributed by atoms with Crippen LogP contribution in [0.15, 0.2) is 6.20 Å². The molecular weight excluding hydrogens is 198 g/mol. The summed E-state index contributed by atoms with van der Waals surface area (Å²) in [6.45, 7) is 3.49. The largest absolute Gasteiger partial charge is 0.344 e. The molecule has 88 valence electrons. The topological polar surface area (TPSA) is 40.7 Å². The summed E-state index contributed by atoms with van der Waals surface area (Å²) in [5.74, 6) is 1.16. The van der Waals surface area contributed by atoms with Gasteiger partial charge in [0.2, 0.25) is 0 Å². The van der Waals surface area contributed by atoms with E-state index < -0.39 is 0 Å². The summed E-state index contributed by atoms with van der Waals surface area (Å²) < 4.78 is 0. The SMILES string of the molecule is CC1(c2cnc(C3CCCCN3)[nH]2)CCC1. The molecule has 3 heteroatoms. The Bertz CT molecular complexity index is 359. The molecule has 0 amide bonds. The molecule has 2 heterocycles. The van der Waals surface area contributed by atoms with E-state index in [4.69, 9.17) is 0 Å². The Labute approximate surface area is 97.0 Å². The van der Waals surface area contributed by atoms with E-state index in [9.17, 15) is 0 Å². The van der Waals surface area contributed by atoms with E-state index in [1.807, 2.05) is 0 Å². The van der Waals surface area contributed by atoms with Crippen LogP contribution in [0.4, 0.5) is 0 Å². The minimum atomic E-state index is 0.389. The van der Waals surface area contributed by atoms with Crippen molar-refractivity contribution in [1.82, 2.24) is 15.3 Å². The average molecular weight is 219 g/mol. The molecule has 1 unspecified atom stereocenters. The third-order valence-electron chi connectivity index (χ3n) is 4.34. The summed E-state index contributed by atoms with van der Waals surface area (Å²) in [6, 6.07) is 0.464. The molecule has 0 aromatic carbocycles. The van der Waals surface area contributed by atoms with Crippen LogP contribution in [0, 0.1) is 0 Å². The molecule has 1 aromatic heterocycles. The summed E-state index contributed by atoms with van der Waals surface area (Å²) >= 11 is 0. The first-order valence-electron chi connectivity index (χ1n) is 6.57. The summed E-state index contributed by atoms with van der Waals surface area (Å²) in [5.41, 5.74) is 1.74. The van der Waals surface area contributed by atoms with Gasteiger partial charge in [0, 0.05) is 17.3 Å². The van der Waals surface area contributed by atoms with Gasteiger partial charge in [-0.05, 0) is 32.2 Å². The highest BCUT2D eigenvalue weighted by Gasteiger charge is 2.35. The number of aromatic nitrogens is 2. The molecule has 1 atom stereocenters. The van der Waals surface area contributed by atoms with Crippen LogP contribution in [0.5, 0.6) is 0 Å². The number of piperidine rings is 1. The molecule has 3 nitrogen and oxygen atoms in total. The van der Waals surface area contributed by atoms with Crippen molar-refractivity contribution < 1.29 is 0 Å². The number of H-pyrrole nitrogens is 1. The van der Waals surface area contributed by atoms with Crippen LogP contribution in [0.2, 0.25) is 0 Å². The van der Waals surface area contributed by atoms with Gasteiger partial charge in [0.05, 0.1) is 6.04 Å². The molecule has 0 bridgehead atoms. The number of nitrogens with zero attached hydrogens (tertiary/aromatic N) is 1. The number of imidazole rings is 1. The predicted octanol–water partition coefficient (Wildman–Crippen LogP) is 2.67. The van der Waals surface area contributed by atoms with Gasteiger partial charge in [-0.2, -0.15) is 0 Å². The Hall–Kier alpha value is -0.830. The van der Waals surface area contributed by atoms with Gasteiger partial charge >= 0.3 is 0 Å². The highest BCUT2D eigenvalue weighted by molar-refractivity contribution is 5.19. The zero-order valence-electron chi connectivity index (χ0n) is 10.1. The van der Waals surface area contributed by atoms with Gasteiger partial charge in [-0.15, -0.1) is 0 Å². The van der Waals surface area contributed by atoms with Crippen LogP contribution >= 0.6 is 0 Å². The monoisotopic (exact) mass is 219 g/mol. The first kappa shape index (κ1) is 10.3. The van der Waals surface area contributed by atoms with Crippen LogP contribution in [0.25, 0.3) is 0 Å². The number of aromatic amines is 1. The third-order valence-corrected chi connectivity index (χ3v) is 4.34. The summed E-state index contributed by atoms with van der Waals surface area (Å²) in [4.78, 5) is 8.12. The second-order valence-corrected chi connectivity index (χ2v) is 5.60. The standard InChI is InChI=1S/C13H21N3/c1-13(6-4-7-13)11-9-15-12(16-11)10-5-2-3-8-14-10/h9-10,14H,2-8H2,1H3,(H,15,16). The Morgan fingerprint density at radius 1 is 1.31 bits per heavy atom. The zero-order valence-corrected chi connectivity index (χ0v) is 10.1. The summed E-state index contributed by atoms with van der Waals surface area (Å²) in [7, 11) is 0. The zero-order chi connectivity index (χ0) is 11.0. The molecule has 3 rings (SSSR count). The number of nitrogens with one attached hydrogen (secondary N) is 2. The van der Waals surface area contributed by atoms with E-state index in [0.717, 1.165) is 12.4 Å². The third kappa shape index (κ3) is 1.67. The highest BCUT2D eigenvalue weighted by Crippen LogP contribution is 2.42. The minimum absolute atomic E-state index is 0.389. The molecule has 2 fully saturated rings. The number of rotatable bonds is 2. The van der Waals surface area contributed by atoms with Crippen LogP contribution in [0.1, 0.15) is 63.0 Å². The van der Waals surface area contributed by atoms with E-state index >= 15 is 0 Å². The van der Waals surface area contributed by atoms with Gasteiger partial charge in [-0.1, -0.05) is 19.8 Å². The van der Waals surface area contributed by atoms with Crippen molar-refractivity contribution in [2.24, 2.45) is 0 Å². The molecule has 2 N–H and O–H groups in total. The highest BCUT2D eigenvalue weighted by atomic mass is 15.0. The van der Waals surface area contributed by atoms with E-state index in [1.165, 1.54) is 44.2 Å². The molecular formula is C13H21N3. The van der Waals surface area contributed by atoms with Crippen LogP contribution in [0.3, 0.4) is 0 Å². The Morgan fingerprint density at radius 2 is 2.19 bits per heavy atom. The van der Waals surface area contributed by atoms with Gasteiger partial charge in [-0.3, -0.25) is 0 Å². The maximum Gasteiger partial charge on any atom is 0.123 e. The fourth-order valence-corrected chi connectivity index (χ4v) is 2.88. The Kier molecular flexibility index (Phi) is 2.51. The van der Waals surface area contributed by atoms with Gasteiger partial charge < -0.3 is 10.3 Å². The van der Waals surface area contributed by atoms with Crippen molar-refractivity contribution in [3.05, 3.63) is 17.7 Å². The first-order chi connectivity index (χ1) is 7.78. The van der Waals surface area contributed by atoms with Gasteiger partial charge in [0.1, 0.15) is 5.82 Å². The van der Waals surface area contributed by atoms with Crippen LogP contribution in [-0.2, 0) is 5.41 Å². The van der Waals surface area contributed by atoms with Crippen LogP contribution in [-0.4, -0.2) is 16.5 Å². The molecule has 1 aliphatic heterocycles. The molecule has 1 saturated heterocycles. The fourth-order valence-electron chi connectivity index (χ4n) is 2.88. The Morgan fingerprint density at radius 3 is 2.81 bits per heavy atom. The second-order valence-electron chi connectivity index (χ2n) is 5.60. The van der Waals surface area contributed by atoms with Gasteiger partial charge in [-0.25, -0.2) is 4.98 Å². The minimum Gasteiger partial charge on any atom is -0.344 e. The quantitative estimate of drug-likeness (QED) is 0.803. The van der Waals surface area contributed by atoms with Gasteiger partial charge in [0.25, 0.3) is 0 Å². The van der Waals surface area contributed by atoms with E-state index in [1.54, 1.807) is 0 Å². The second kappa shape index (κ2) is 3.88. The van der Waals surface area contributed by atoms with Crippen molar-refractivity contribution in [3.63, 3.8) is 0 Å².